The van der Waals surface area contributed by atoms with E-state index in [1.165, 1.54) is 11.8 Å². The molecule has 88 valence electrons. The summed E-state index contributed by atoms with van der Waals surface area (Å²) in [6.07, 6.45) is 4.09. The van der Waals surface area contributed by atoms with Gasteiger partial charge >= 0.3 is 5.97 Å². The van der Waals surface area contributed by atoms with Crippen molar-refractivity contribution in [3.63, 3.8) is 0 Å². The van der Waals surface area contributed by atoms with Crippen molar-refractivity contribution in [3.8, 4) is 5.75 Å². The third-order valence-corrected chi connectivity index (χ3v) is 2.48. The van der Waals surface area contributed by atoms with Crippen LogP contribution in [0.2, 0.25) is 0 Å². The number of aryl methyl sites for hydroxylation is 2. The second-order valence-corrected chi connectivity index (χ2v) is 3.79. The van der Waals surface area contributed by atoms with Crippen LogP contribution in [0.25, 0.3) is 0 Å². The van der Waals surface area contributed by atoms with Crippen LogP contribution in [-0.4, -0.2) is 15.7 Å². The fraction of sp³-hybridized carbons (Fsp3) is 0.231. The predicted molar refractivity (Wildman–Crippen MR) is 64.0 cm³/mol. The summed E-state index contributed by atoms with van der Waals surface area (Å²) in [4.78, 5) is 11.7. The highest BCUT2D eigenvalue weighted by atomic mass is 16.5. The molecular formula is C13H14N2O2. The smallest absolute Gasteiger partial charge is 0.346 e. The number of aromatic nitrogens is 2. The number of esters is 1. The summed E-state index contributed by atoms with van der Waals surface area (Å²) in [7, 11) is 1.76. The molecule has 2 aromatic rings. The molecule has 0 aliphatic rings. The Morgan fingerprint density at radius 2 is 2.06 bits per heavy atom. The van der Waals surface area contributed by atoms with Crippen LogP contribution in [-0.2, 0) is 13.5 Å². The lowest BCUT2D eigenvalue weighted by Crippen LogP contribution is -2.07. The maximum absolute atomic E-state index is 11.7. The van der Waals surface area contributed by atoms with Crippen LogP contribution in [0.5, 0.6) is 5.75 Å². The molecule has 1 heterocycles. The van der Waals surface area contributed by atoms with Gasteiger partial charge in [-0.15, -0.1) is 0 Å². The highest BCUT2D eigenvalue weighted by Crippen LogP contribution is 2.14. The SMILES string of the molecule is CCc1ccc(OC(=O)c2cnn(C)c2)cc1. The van der Waals surface area contributed by atoms with Crippen molar-refractivity contribution in [3.05, 3.63) is 47.8 Å². The second-order valence-electron chi connectivity index (χ2n) is 3.79. The zero-order valence-corrected chi connectivity index (χ0v) is 9.88. The number of hydrogen-bond acceptors (Lipinski definition) is 3. The molecule has 0 bridgehead atoms. The van der Waals surface area contributed by atoms with E-state index in [0.717, 1.165) is 6.42 Å². The fourth-order valence-electron chi connectivity index (χ4n) is 1.49. The summed E-state index contributed by atoms with van der Waals surface area (Å²) in [6.45, 7) is 2.08. The van der Waals surface area contributed by atoms with Crippen LogP contribution >= 0.6 is 0 Å². The van der Waals surface area contributed by atoms with Crippen molar-refractivity contribution in [2.75, 3.05) is 0 Å². The van der Waals surface area contributed by atoms with E-state index in [1.807, 2.05) is 12.1 Å². The first-order valence-corrected chi connectivity index (χ1v) is 5.49. The summed E-state index contributed by atoms with van der Waals surface area (Å²) in [5.41, 5.74) is 1.67. The molecule has 4 heteroatoms. The zero-order chi connectivity index (χ0) is 12.3. The van der Waals surface area contributed by atoms with E-state index in [1.54, 1.807) is 30.1 Å². The van der Waals surface area contributed by atoms with Gasteiger partial charge in [0.15, 0.2) is 0 Å². The number of nitrogens with zero attached hydrogens (tertiary/aromatic N) is 2. The molecule has 0 spiro atoms. The van der Waals surface area contributed by atoms with Crippen molar-refractivity contribution in [2.45, 2.75) is 13.3 Å². The molecule has 0 amide bonds. The minimum Gasteiger partial charge on any atom is -0.423 e. The largest absolute Gasteiger partial charge is 0.423 e. The highest BCUT2D eigenvalue weighted by Gasteiger charge is 2.10. The third kappa shape index (κ3) is 2.72. The Morgan fingerprint density at radius 1 is 1.35 bits per heavy atom. The van der Waals surface area contributed by atoms with Crippen molar-refractivity contribution < 1.29 is 9.53 Å². The molecule has 0 N–H and O–H groups in total. The fourth-order valence-corrected chi connectivity index (χ4v) is 1.49. The quantitative estimate of drug-likeness (QED) is 0.599. The van der Waals surface area contributed by atoms with Crippen molar-refractivity contribution in [2.24, 2.45) is 7.05 Å². The van der Waals surface area contributed by atoms with Gasteiger partial charge in [0.05, 0.1) is 11.8 Å². The average molecular weight is 230 g/mol. The first-order valence-electron chi connectivity index (χ1n) is 5.49. The first-order chi connectivity index (χ1) is 8.19. The maximum atomic E-state index is 11.7. The van der Waals surface area contributed by atoms with Crippen molar-refractivity contribution in [1.82, 2.24) is 9.78 Å². The molecule has 0 unspecified atom stereocenters. The van der Waals surface area contributed by atoms with Crippen LogP contribution < -0.4 is 4.74 Å². The van der Waals surface area contributed by atoms with E-state index in [2.05, 4.69) is 12.0 Å². The molecule has 0 radical (unpaired) electrons. The normalized spacial score (nSPS) is 10.2. The van der Waals surface area contributed by atoms with Crippen LogP contribution in [0.1, 0.15) is 22.8 Å². The number of carbonyl (C=O) groups excluding carboxylic acids is 1. The minimum absolute atomic E-state index is 0.387. The van der Waals surface area contributed by atoms with E-state index >= 15 is 0 Å². The van der Waals surface area contributed by atoms with E-state index in [9.17, 15) is 4.79 Å². The van der Waals surface area contributed by atoms with E-state index < -0.39 is 0 Å². The molecule has 0 fully saturated rings. The Hall–Kier alpha value is -2.10. The van der Waals surface area contributed by atoms with Crippen LogP contribution in [0.4, 0.5) is 0 Å². The lowest BCUT2D eigenvalue weighted by molar-refractivity contribution is 0.0734. The topological polar surface area (TPSA) is 44.1 Å². The van der Waals surface area contributed by atoms with Crippen molar-refractivity contribution >= 4 is 5.97 Å². The first kappa shape index (κ1) is 11.4. The molecule has 17 heavy (non-hydrogen) atoms. The molecule has 0 saturated heterocycles. The van der Waals surface area contributed by atoms with Gasteiger partial charge in [0.25, 0.3) is 0 Å². The molecular weight excluding hydrogens is 216 g/mol. The lowest BCUT2D eigenvalue weighted by Gasteiger charge is -2.03. The number of benzene rings is 1. The molecule has 0 atom stereocenters. The predicted octanol–water partition coefficient (Wildman–Crippen LogP) is 2.20. The summed E-state index contributed by atoms with van der Waals surface area (Å²) in [6, 6.07) is 7.50. The van der Waals surface area contributed by atoms with Gasteiger partial charge in [-0.25, -0.2) is 4.79 Å². The van der Waals surface area contributed by atoms with Gasteiger partial charge in [0.1, 0.15) is 5.75 Å². The van der Waals surface area contributed by atoms with Gasteiger partial charge in [-0.2, -0.15) is 5.10 Å². The maximum Gasteiger partial charge on any atom is 0.346 e. The number of carbonyl (C=O) groups is 1. The number of ether oxygens (including phenoxy) is 1. The van der Waals surface area contributed by atoms with Crippen LogP contribution in [0, 0.1) is 0 Å². The van der Waals surface area contributed by atoms with Gasteiger partial charge in [-0.3, -0.25) is 4.68 Å². The molecule has 0 aliphatic carbocycles. The summed E-state index contributed by atoms with van der Waals surface area (Å²) in [5.74, 6) is 0.165. The second kappa shape index (κ2) is 4.82. The highest BCUT2D eigenvalue weighted by molar-refractivity contribution is 5.90. The molecule has 1 aromatic heterocycles. The summed E-state index contributed by atoms with van der Waals surface area (Å²) < 4.78 is 6.79. The Bertz CT molecular complexity index is 514. The third-order valence-electron chi connectivity index (χ3n) is 2.48. The van der Waals surface area contributed by atoms with E-state index in [4.69, 9.17) is 4.74 Å². The monoisotopic (exact) mass is 230 g/mol. The van der Waals surface area contributed by atoms with Gasteiger partial charge in [-0.1, -0.05) is 19.1 Å². The Kier molecular flexibility index (Phi) is 3.23. The molecule has 0 saturated carbocycles. The molecule has 1 aromatic carbocycles. The van der Waals surface area contributed by atoms with Gasteiger partial charge in [0.2, 0.25) is 0 Å². The van der Waals surface area contributed by atoms with Crippen LogP contribution in [0.3, 0.4) is 0 Å². The van der Waals surface area contributed by atoms with Gasteiger partial charge < -0.3 is 4.74 Å². The van der Waals surface area contributed by atoms with Crippen molar-refractivity contribution in [1.29, 1.82) is 0 Å². The standard InChI is InChI=1S/C13H14N2O2/c1-3-10-4-6-12(7-5-10)17-13(16)11-8-14-15(2)9-11/h4-9H,3H2,1-2H3. The number of hydrogen-bond donors (Lipinski definition) is 0. The number of rotatable bonds is 3. The Morgan fingerprint density at radius 3 is 2.59 bits per heavy atom. The minimum atomic E-state index is -0.387. The Labute approximate surface area is 99.8 Å². The van der Waals surface area contributed by atoms with E-state index in [0.29, 0.717) is 11.3 Å². The van der Waals surface area contributed by atoms with Gasteiger partial charge in [-0.05, 0) is 24.1 Å². The van der Waals surface area contributed by atoms with E-state index in [-0.39, 0.29) is 5.97 Å². The summed E-state index contributed by atoms with van der Waals surface area (Å²) in [5, 5.41) is 3.92. The molecule has 4 nitrogen and oxygen atoms in total. The summed E-state index contributed by atoms with van der Waals surface area (Å²) >= 11 is 0. The molecule has 2 rings (SSSR count). The zero-order valence-electron chi connectivity index (χ0n) is 9.88. The van der Waals surface area contributed by atoms with Crippen LogP contribution in [0.15, 0.2) is 36.7 Å². The molecule has 0 aliphatic heterocycles. The average Bonchev–Trinajstić information content (AvgIpc) is 2.77. The van der Waals surface area contributed by atoms with Gasteiger partial charge in [0, 0.05) is 13.2 Å². The lowest BCUT2D eigenvalue weighted by atomic mass is 10.2. The Balaban J connectivity index is 2.07.